The van der Waals surface area contributed by atoms with E-state index in [0.717, 1.165) is 0 Å². The summed E-state index contributed by atoms with van der Waals surface area (Å²) in [6.45, 7) is 3.77. The fraction of sp³-hybridized carbons (Fsp3) is 0.364. The number of carbonyl (C=O) groups excluding carboxylic acids is 1. The minimum atomic E-state index is -0.110. The molecule has 1 unspecified atom stereocenters. The molecule has 1 N–H and O–H groups in total. The molecule has 1 atom stereocenters. The maximum absolute atomic E-state index is 11.1. The summed E-state index contributed by atoms with van der Waals surface area (Å²) >= 11 is 0. The zero-order chi connectivity index (χ0) is 10.1. The summed E-state index contributed by atoms with van der Waals surface area (Å²) in [5, 5.41) is 2.74. The lowest BCUT2D eigenvalue weighted by atomic mass is 10.2. The van der Waals surface area contributed by atoms with Gasteiger partial charge in [0.25, 0.3) is 0 Å². The number of amides is 1. The molecule has 0 aliphatic rings. The average molecular weight is 177 g/mol. The van der Waals surface area contributed by atoms with Gasteiger partial charge in [0.2, 0.25) is 5.91 Å². The van der Waals surface area contributed by atoms with Crippen molar-refractivity contribution in [1.82, 2.24) is 5.32 Å². The zero-order valence-electron chi connectivity index (χ0n) is 8.08. The summed E-state index contributed by atoms with van der Waals surface area (Å²) in [6, 6.07) is 0.0350. The van der Waals surface area contributed by atoms with E-state index in [1.807, 2.05) is 19.9 Å². The van der Waals surface area contributed by atoms with Crippen LogP contribution in [0.1, 0.15) is 20.3 Å². The van der Waals surface area contributed by atoms with Crippen LogP contribution in [0.4, 0.5) is 0 Å². The molecule has 0 saturated heterocycles. The molecule has 2 nitrogen and oxygen atoms in total. The van der Waals surface area contributed by atoms with Crippen LogP contribution >= 0.6 is 0 Å². The first-order valence-electron chi connectivity index (χ1n) is 4.24. The summed E-state index contributed by atoms with van der Waals surface area (Å²) in [5.74, 6) is 2.38. The number of carbonyl (C=O) groups is 1. The third-order valence-corrected chi connectivity index (χ3v) is 1.36. The maximum atomic E-state index is 11.1. The first-order chi connectivity index (χ1) is 6.20. The highest BCUT2D eigenvalue weighted by Crippen LogP contribution is 1.88. The van der Waals surface area contributed by atoms with Gasteiger partial charge >= 0.3 is 0 Å². The Bertz CT molecular complexity index is 245. The Morgan fingerprint density at radius 2 is 2.31 bits per heavy atom. The fourth-order valence-electron chi connectivity index (χ4n) is 0.773. The van der Waals surface area contributed by atoms with Crippen molar-refractivity contribution >= 4 is 5.91 Å². The highest BCUT2D eigenvalue weighted by atomic mass is 16.1. The summed E-state index contributed by atoms with van der Waals surface area (Å²) < 4.78 is 0. The van der Waals surface area contributed by atoms with Gasteiger partial charge in [-0.2, -0.15) is 0 Å². The van der Waals surface area contributed by atoms with Crippen molar-refractivity contribution in [1.29, 1.82) is 0 Å². The predicted octanol–water partition coefficient (Wildman–Crippen LogP) is 1.65. The number of rotatable bonds is 4. The number of hydrogen-bond acceptors (Lipinski definition) is 1. The Hall–Kier alpha value is -1.49. The molecule has 2 heteroatoms. The maximum Gasteiger partial charge on any atom is 0.244 e. The van der Waals surface area contributed by atoms with Gasteiger partial charge in [-0.15, -0.1) is 12.3 Å². The molecule has 0 heterocycles. The van der Waals surface area contributed by atoms with E-state index < -0.39 is 0 Å². The summed E-state index contributed by atoms with van der Waals surface area (Å²) in [6.07, 6.45) is 12.5. The second-order valence-electron chi connectivity index (χ2n) is 2.70. The number of nitrogens with one attached hydrogen (secondary N) is 1. The van der Waals surface area contributed by atoms with Crippen LogP contribution in [0.3, 0.4) is 0 Å². The average Bonchev–Trinajstić information content (AvgIpc) is 2.05. The van der Waals surface area contributed by atoms with E-state index in [9.17, 15) is 4.79 Å². The Balaban J connectivity index is 3.81. The molecule has 70 valence electrons. The second kappa shape index (κ2) is 7.17. The number of allylic oxidation sites excluding steroid dienone is 3. The normalized spacial score (nSPS) is 13.0. The van der Waals surface area contributed by atoms with Crippen LogP contribution in [-0.4, -0.2) is 11.9 Å². The predicted molar refractivity (Wildman–Crippen MR) is 55.0 cm³/mol. The van der Waals surface area contributed by atoms with Crippen LogP contribution in [0.2, 0.25) is 0 Å². The van der Waals surface area contributed by atoms with E-state index in [1.54, 1.807) is 12.2 Å². The molecule has 13 heavy (non-hydrogen) atoms. The van der Waals surface area contributed by atoms with Crippen LogP contribution in [0.5, 0.6) is 0 Å². The molecule has 0 aliphatic heterocycles. The topological polar surface area (TPSA) is 29.1 Å². The quantitative estimate of drug-likeness (QED) is 0.395. The molecule has 0 spiro atoms. The van der Waals surface area contributed by atoms with Gasteiger partial charge in [0.05, 0.1) is 0 Å². The van der Waals surface area contributed by atoms with Crippen LogP contribution in [0, 0.1) is 12.3 Å². The van der Waals surface area contributed by atoms with Crippen molar-refractivity contribution < 1.29 is 4.79 Å². The Labute approximate surface area is 79.7 Å². The number of terminal acetylenes is 1. The van der Waals surface area contributed by atoms with Gasteiger partial charge in [-0.3, -0.25) is 4.79 Å². The molecule has 0 aromatic rings. The molecule has 0 rings (SSSR count). The second-order valence-corrected chi connectivity index (χ2v) is 2.70. The molecular formula is C11H15NO. The molecular weight excluding hydrogens is 162 g/mol. The monoisotopic (exact) mass is 177 g/mol. The highest BCUT2D eigenvalue weighted by molar-refractivity contribution is 5.87. The van der Waals surface area contributed by atoms with Gasteiger partial charge in [-0.1, -0.05) is 18.2 Å². The lowest BCUT2D eigenvalue weighted by Crippen LogP contribution is -2.30. The van der Waals surface area contributed by atoms with Gasteiger partial charge in [0, 0.05) is 18.5 Å². The SMILES string of the molecule is C#CCC(C)NC(=O)C=CC=CC. The van der Waals surface area contributed by atoms with E-state index in [-0.39, 0.29) is 11.9 Å². The van der Waals surface area contributed by atoms with Crippen LogP contribution < -0.4 is 5.32 Å². The first kappa shape index (κ1) is 11.5. The molecule has 0 aliphatic carbocycles. The lowest BCUT2D eigenvalue weighted by Gasteiger charge is -2.07. The molecule has 0 aromatic carbocycles. The van der Waals surface area contributed by atoms with Crippen LogP contribution in [0.25, 0.3) is 0 Å². The van der Waals surface area contributed by atoms with E-state index in [0.29, 0.717) is 6.42 Å². The van der Waals surface area contributed by atoms with Gasteiger partial charge in [0.15, 0.2) is 0 Å². The standard InChI is InChI=1S/C11H15NO/c1-4-6-7-9-11(13)12-10(3)8-5-2/h2,4,6-7,9-10H,8H2,1,3H3,(H,12,13). The molecule has 0 saturated carbocycles. The van der Waals surface area contributed by atoms with E-state index in [1.165, 1.54) is 6.08 Å². The van der Waals surface area contributed by atoms with Crippen molar-refractivity contribution in [2.75, 3.05) is 0 Å². The summed E-state index contributed by atoms with van der Waals surface area (Å²) in [4.78, 5) is 11.1. The van der Waals surface area contributed by atoms with E-state index in [2.05, 4.69) is 11.2 Å². The van der Waals surface area contributed by atoms with Crippen LogP contribution in [0.15, 0.2) is 24.3 Å². The molecule has 0 fully saturated rings. The van der Waals surface area contributed by atoms with Crippen molar-refractivity contribution in [2.24, 2.45) is 0 Å². The fourth-order valence-corrected chi connectivity index (χ4v) is 0.773. The van der Waals surface area contributed by atoms with Crippen LogP contribution in [-0.2, 0) is 4.79 Å². The van der Waals surface area contributed by atoms with E-state index in [4.69, 9.17) is 6.42 Å². The minimum Gasteiger partial charge on any atom is -0.349 e. The van der Waals surface area contributed by atoms with Gasteiger partial charge in [0.1, 0.15) is 0 Å². The summed E-state index contributed by atoms with van der Waals surface area (Å²) in [7, 11) is 0. The van der Waals surface area contributed by atoms with Gasteiger partial charge < -0.3 is 5.32 Å². The zero-order valence-corrected chi connectivity index (χ0v) is 8.08. The van der Waals surface area contributed by atoms with E-state index >= 15 is 0 Å². The van der Waals surface area contributed by atoms with Crippen molar-refractivity contribution in [3.63, 3.8) is 0 Å². The Morgan fingerprint density at radius 1 is 1.62 bits per heavy atom. The molecule has 0 aromatic heterocycles. The van der Waals surface area contributed by atoms with Gasteiger partial charge in [-0.05, 0) is 13.8 Å². The third kappa shape index (κ3) is 6.89. The Kier molecular flexibility index (Phi) is 6.35. The van der Waals surface area contributed by atoms with Crippen molar-refractivity contribution in [3.05, 3.63) is 24.3 Å². The third-order valence-electron chi connectivity index (χ3n) is 1.36. The number of hydrogen-bond donors (Lipinski definition) is 1. The largest absolute Gasteiger partial charge is 0.349 e. The smallest absolute Gasteiger partial charge is 0.244 e. The highest BCUT2D eigenvalue weighted by Gasteiger charge is 2.00. The first-order valence-corrected chi connectivity index (χ1v) is 4.24. The lowest BCUT2D eigenvalue weighted by molar-refractivity contribution is -0.117. The van der Waals surface area contributed by atoms with Crippen molar-refractivity contribution in [3.8, 4) is 12.3 Å². The van der Waals surface area contributed by atoms with Crippen molar-refractivity contribution in [2.45, 2.75) is 26.3 Å². The van der Waals surface area contributed by atoms with Gasteiger partial charge in [-0.25, -0.2) is 0 Å². The molecule has 1 amide bonds. The minimum absolute atomic E-state index is 0.0350. The Morgan fingerprint density at radius 3 is 2.85 bits per heavy atom. The summed E-state index contributed by atoms with van der Waals surface area (Å²) in [5.41, 5.74) is 0. The molecule has 0 bridgehead atoms. The molecule has 0 radical (unpaired) electrons.